The molecule has 0 aromatic heterocycles. The van der Waals surface area contributed by atoms with Crippen LogP contribution in [0.25, 0.3) is 0 Å². The number of rotatable bonds is 17. The highest BCUT2D eigenvalue weighted by Gasteiger charge is 2.21. The van der Waals surface area contributed by atoms with Crippen LogP contribution in [0.5, 0.6) is 0 Å². The van der Waals surface area contributed by atoms with Crippen molar-refractivity contribution in [3.8, 4) is 0 Å². The van der Waals surface area contributed by atoms with E-state index in [0.717, 1.165) is 12.8 Å². The van der Waals surface area contributed by atoms with Crippen LogP contribution >= 0.6 is 0 Å². The predicted molar refractivity (Wildman–Crippen MR) is 98.6 cm³/mol. The highest BCUT2D eigenvalue weighted by atomic mass is 16.3. The van der Waals surface area contributed by atoms with E-state index >= 15 is 0 Å². The zero-order chi connectivity index (χ0) is 17.3. The number of aliphatic hydroxyl groups excluding tert-OH is 3. The molecule has 0 bridgehead atoms. The molecule has 0 aliphatic heterocycles. The van der Waals surface area contributed by atoms with Crippen LogP contribution in [0.1, 0.15) is 104 Å². The van der Waals surface area contributed by atoms with Gasteiger partial charge in [0.05, 0.1) is 12.2 Å². The fraction of sp³-hybridized carbons (Fsp3) is 1.00. The molecule has 3 heteroatoms. The van der Waals surface area contributed by atoms with E-state index in [2.05, 4.69) is 6.92 Å². The maximum absolute atomic E-state index is 9.94. The molecular weight excluding hydrogens is 288 g/mol. The third-order valence-corrected chi connectivity index (χ3v) is 4.92. The Kier molecular flexibility index (Phi) is 16.6. The largest absolute Gasteiger partial charge is 0.396 e. The van der Waals surface area contributed by atoms with Crippen LogP contribution in [0.15, 0.2) is 0 Å². The molecule has 0 aliphatic rings. The minimum absolute atomic E-state index is 0.0349. The number of aliphatic hydroxyl groups is 3. The zero-order valence-corrected chi connectivity index (χ0v) is 15.7. The summed E-state index contributed by atoms with van der Waals surface area (Å²) in [5, 5.41) is 28.7. The third-order valence-electron chi connectivity index (χ3n) is 4.92. The molecule has 0 aromatic rings. The first-order valence-corrected chi connectivity index (χ1v) is 10.1. The van der Waals surface area contributed by atoms with E-state index in [1.54, 1.807) is 0 Å². The summed E-state index contributed by atoms with van der Waals surface area (Å²) in [5.74, 6) is -0.0349. The van der Waals surface area contributed by atoms with Crippen molar-refractivity contribution in [3.63, 3.8) is 0 Å². The molecule has 0 fully saturated rings. The normalized spacial score (nSPS) is 15.5. The highest BCUT2D eigenvalue weighted by Crippen LogP contribution is 2.17. The molecule has 0 aliphatic carbocycles. The molecule has 0 spiro atoms. The summed E-state index contributed by atoms with van der Waals surface area (Å²) in [6.07, 6.45) is 15.6. The second-order valence-electron chi connectivity index (χ2n) is 7.23. The molecule has 140 valence electrons. The summed E-state index contributed by atoms with van der Waals surface area (Å²) in [7, 11) is 0. The molecule has 3 atom stereocenters. The average Bonchev–Trinajstić information content (AvgIpc) is 2.55. The van der Waals surface area contributed by atoms with Gasteiger partial charge in [0.2, 0.25) is 0 Å². The molecule has 0 rings (SSSR count). The van der Waals surface area contributed by atoms with Gasteiger partial charge in [-0.2, -0.15) is 0 Å². The van der Waals surface area contributed by atoms with Crippen molar-refractivity contribution in [3.05, 3.63) is 0 Å². The number of hydrogen-bond acceptors (Lipinski definition) is 3. The van der Waals surface area contributed by atoms with Gasteiger partial charge in [-0.25, -0.2) is 0 Å². The predicted octanol–water partition coefficient (Wildman–Crippen LogP) is 4.82. The van der Waals surface area contributed by atoms with Gasteiger partial charge in [-0.1, -0.05) is 90.9 Å². The van der Waals surface area contributed by atoms with Gasteiger partial charge in [0.1, 0.15) is 0 Å². The van der Waals surface area contributed by atoms with Crippen LogP contribution in [0.3, 0.4) is 0 Å². The lowest BCUT2D eigenvalue weighted by Crippen LogP contribution is -2.32. The van der Waals surface area contributed by atoms with E-state index in [9.17, 15) is 10.2 Å². The first kappa shape index (κ1) is 22.9. The summed E-state index contributed by atoms with van der Waals surface area (Å²) in [6.45, 7) is 4.21. The van der Waals surface area contributed by atoms with Crippen molar-refractivity contribution < 1.29 is 15.3 Å². The Balaban J connectivity index is 3.32. The van der Waals surface area contributed by atoms with Crippen molar-refractivity contribution in [1.29, 1.82) is 0 Å². The molecule has 0 aromatic carbocycles. The van der Waals surface area contributed by atoms with Gasteiger partial charge in [0.25, 0.3) is 0 Å². The fourth-order valence-corrected chi connectivity index (χ4v) is 3.12. The Labute approximate surface area is 144 Å². The summed E-state index contributed by atoms with van der Waals surface area (Å²) in [5.41, 5.74) is 0. The van der Waals surface area contributed by atoms with Crippen molar-refractivity contribution in [1.82, 2.24) is 0 Å². The van der Waals surface area contributed by atoms with Crippen molar-refractivity contribution in [2.24, 2.45) is 5.92 Å². The lowest BCUT2D eigenvalue weighted by atomic mass is 9.93. The van der Waals surface area contributed by atoms with Crippen molar-refractivity contribution in [2.75, 3.05) is 6.61 Å². The molecule has 23 heavy (non-hydrogen) atoms. The molecule has 3 nitrogen and oxygen atoms in total. The monoisotopic (exact) mass is 330 g/mol. The van der Waals surface area contributed by atoms with Gasteiger partial charge < -0.3 is 15.3 Å². The minimum atomic E-state index is -0.699. The highest BCUT2D eigenvalue weighted by molar-refractivity contribution is 4.73. The first-order chi connectivity index (χ1) is 11.1. The van der Waals surface area contributed by atoms with Gasteiger partial charge >= 0.3 is 0 Å². The van der Waals surface area contributed by atoms with Gasteiger partial charge in [0, 0.05) is 6.61 Å². The van der Waals surface area contributed by atoms with E-state index in [1.165, 1.54) is 64.2 Å². The Bertz CT molecular complexity index is 233. The molecule has 0 amide bonds. The standard InChI is InChI=1S/C20H42O3/c1-3-4-5-6-7-8-9-10-11-12-13-14-15-19(22)20(23)18(2)16-17-21/h18-23H,3-17H2,1-2H3/t18-,19+,20-/m0/s1. The second kappa shape index (κ2) is 16.7. The molecule has 0 heterocycles. The van der Waals surface area contributed by atoms with Crippen LogP contribution in [-0.2, 0) is 0 Å². The van der Waals surface area contributed by atoms with E-state index in [0.29, 0.717) is 12.8 Å². The quantitative estimate of drug-likeness (QED) is 0.335. The molecule has 0 saturated carbocycles. The Morgan fingerprint density at radius 1 is 0.652 bits per heavy atom. The molecule has 0 radical (unpaired) electrons. The average molecular weight is 331 g/mol. The van der Waals surface area contributed by atoms with Crippen LogP contribution in [0.4, 0.5) is 0 Å². The van der Waals surface area contributed by atoms with Crippen LogP contribution < -0.4 is 0 Å². The van der Waals surface area contributed by atoms with Crippen molar-refractivity contribution in [2.45, 2.75) is 116 Å². The lowest BCUT2D eigenvalue weighted by Gasteiger charge is -2.23. The van der Waals surface area contributed by atoms with Gasteiger partial charge in [0.15, 0.2) is 0 Å². The summed E-state index contributed by atoms with van der Waals surface area (Å²) >= 11 is 0. The van der Waals surface area contributed by atoms with Crippen molar-refractivity contribution >= 4 is 0 Å². The molecule has 0 unspecified atom stereocenters. The van der Waals surface area contributed by atoms with E-state index in [-0.39, 0.29) is 12.5 Å². The Hall–Kier alpha value is -0.120. The molecule has 3 N–H and O–H groups in total. The zero-order valence-electron chi connectivity index (χ0n) is 15.7. The van der Waals surface area contributed by atoms with E-state index in [4.69, 9.17) is 5.11 Å². The van der Waals surface area contributed by atoms with Crippen LogP contribution in [-0.4, -0.2) is 34.1 Å². The van der Waals surface area contributed by atoms with E-state index in [1.807, 2.05) is 6.92 Å². The lowest BCUT2D eigenvalue weighted by molar-refractivity contribution is -0.0229. The van der Waals surface area contributed by atoms with Gasteiger partial charge in [-0.3, -0.25) is 0 Å². The Morgan fingerprint density at radius 3 is 1.52 bits per heavy atom. The molecular formula is C20H42O3. The smallest absolute Gasteiger partial charge is 0.0825 e. The summed E-state index contributed by atoms with van der Waals surface area (Å²) < 4.78 is 0. The molecule has 0 saturated heterocycles. The maximum Gasteiger partial charge on any atom is 0.0825 e. The fourth-order valence-electron chi connectivity index (χ4n) is 3.12. The minimum Gasteiger partial charge on any atom is -0.396 e. The Morgan fingerprint density at radius 2 is 1.09 bits per heavy atom. The maximum atomic E-state index is 9.94. The number of hydrogen-bond donors (Lipinski definition) is 3. The third kappa shape index (κ3) is 14.0. The van der Waals surface area contributed by atoms with E-state index < -0.39 is 12.2 Å². The summed E-state index contributed by atoms with van der Waals surface area (Å²) in [4.78, 5) is 0. The van der Waals surface area contributed by atoms with Crippen LogP contribution in [0.2, 0.25) is 0 Å². The van der Waals surface area contributed by atoms with Gasteiger partial charge in [-0.15, -0.1) is 0 Å². The van der Waals surface area contributed by atoms with Crippen LogP contribution in [0, 0.1) is 5.92 Å². The first-order valence-electron chi connectivity index (χ1n) is 10.1. The summed E-state index contributed by atoms with van der Waals surface area (Å²) in [6, 6.07) is 0. The number of unbranched alkanes of at least 4 members (excludes halogenated alkanes) is 11. The SMILES string of the molecule is CCCCCCCCCCCCCC[C@@H](O)[C@@H](O)[C@@H](C)CCO. The topological polar surface area (TPSA) is 60.7 Å². The van der Waals surface area contributed by atoms with Gasteiger partial charge in [-0.05, 0) is 18.8 Å². The second-order valence-corrected chi connectivity index (χ2v) is 7.23.